The number of carbonyl (C=O) groups is 1. The number of hydrogen-bond donors (Lipinski definition) is 1. The summed E-state index contributed by atoms with van der Waals surface area (Å²) in [6.07, 6.45) is 12.1. The first-order chi connectivity index (χ1) is 13.4. The van der Waals surface area contributed by atoms with Gasteiger partial charge in [0.1, 0.15) is 0 Å². The normalized spacial score (nSPS) is 45.5. The maximum atomic E-state index is 13.3. The molecule has 0 bridgehead atoms. The Hall–Kier alpha value is -1.13. The molecule has 0 radical (unpaired) electrons. The van der Waals surface area contributed by atoms with Crippen molar-refractivity contribution in [3.8, 4) is 0 Å². The number of aliphatic hydroxyl groups excluding tert-OH is 1. The van der Waals surface area contributed by atoms with Crippen LogP contribution in [0.3, 0.4) is 0 Å². The molecule has 5 rings (SSSR count). The maximum absolute atomic E-state index is 13.3. The van der Waals surface area contributed by atoms with Crippen LogP contribution in [0.2, 0.25) is 0 Å². The van der Waals surface area contributed by atoms with Gasteiger partial charge in [-0.25, -0.2) is 0 Å². The van der Waals surface area contributed by atoms with Crippen molar-refractivity contribution in [2.45, 2.75) is 64.9 Å². The lowest BCUT2D eigenvalue weighted by atomic mass is 9.47. The van der Waals surface area contributed by atoms with Crippen LogP contribution in [0.1, 0.15) is 58.8 Å². The molecule has 1 amide bonds. The van der Waals surface area contributed by atoms with Crippen molar-refractivity contribution in [2.24, 2.45) is 28.6 Å². The van der Waals surface area contributed by atoms with E-state index in [1.54, 1.807) is 0 Å². The summed E-state index contributed by atoms with van der Waals surface area (Å²) in [5.74, 6) is 2.25. The minimum atomic E-state index is -0.143. The van der Waals surface area contributed by atoms with Crippen molar-refractivity contribution in [3.63, 3.8) is 0 Å². The van der Waals surface area contributed by atoms with Gasteiger partial charge in [-0.3, -0.25) is 4.79 Å². The number of carbonyl (C=O) groups excluding carboxylic acids is 1. The second kappa shape index (κ2) is 6.70. The Bertz CT molecular complexity index is 721. The Morgan fingerprint density at radius 1 is 1.07 bits per heavy atom. The van der Waals surface area contributed by atoms with Crippen LogP contribution < -0.4 is 0 Å². The number of allylic oxidation sites excluding steroid dienone is 2. The van der Waals surface area contributed by atoms with E-state index < -0.39 is 0 Å². The van der Waals surface area contributed by atoms with E-state index in [0.717, 1.165) is 57.2 Å². The number of hydrogen-bond acceptors (Lipinski definition) is 3. The molecule has 1 N–H and O–H groups in total. The van der Waals surface area contributed by atoms with Crippen molar-refractivity contribution in [1.82, 2.24) is 4.90 Å². The fourth-order valence-electron chi connectivity index (χ4n) is 7.48. The third kappa shape index (κ3) is 2.67. The van der Waals surface area contributed by atoms with Crippen molar-refractivity contribution < 1.29 is 14.6 Å². The molecule has 0 aromatic heterocycles. The molecule has 0 spiro atoms. The first-order valence-electron chi connectivity index (χ1n) is 11.4. The van der Waals surface area contributed by atoms with Crippen LogP contribution in [0.15, 0.2) is 23.3 Å². The smallest absolute Gasteiger partial charge is 0.250 e. The summed E-state index contributed by atoms with van der Waals surface area (Å²) in [5.41, 5.74) is 2.91. The number of aliphatic hydroxyl groups is 1. The van der Waals surface area contributed by atoms with Crippen molar-refractivity contribution in [2.75, 3.05) is 26.3 Å². The van der Waals surface area contributed by atoms with Gasteiger partial charge in [-0.15, -0.1) is 0 Å². The first-order valence-corrected chi connectivity index (χ1v) is 11.4. The van der Waals surface area contributed by atoms with E-state index in [0.29, 0.717) is 31.0 Å². The standard InChI is InChI=1S/C24H35NO3/c1-23-9-7-17(26)15-16(23)3-4-18-19-5-6-21(24(19,2)10-8-20(18)23)22(27)25-11-13-28-14-12-25/h3,6,17-20,26H,4-5,7-15H2,1-2H3/t17-,18-,19-,20-,23-,24+/m0/s1. The Kier molecular flexibility index (Phi) is 4.52. The fraction of sp³-hybridized carbons (Fsp3) is 0.792. The first kappa shape index (κ1) is 18.9. The molecule has 4 heteroatoms. The zero-order valence-corrected chi connectivity index (χ0v) is 17.5. The second-order valence-corrected chi connectivity index (χ2v) is 10.4. The minimum absolute atomic E-state index is 0.0342. The topological polar surface area (TPSA) is 49.8 Å². The molecule has 3 fully saturated rings. The van der Waals surface area contributed by atoms with Gasteiger partial charge in [0.25, 0.3) is 0 Å². The molecule has 2 saturated carbocycles. The number of rotatable bonds is 1. The molecule has 4 nitrogen and oxygen atoms in total. The molecule has 1 aliphatic heterocycles. The SMILES string of the molecule is C[C@]12CC[C@H](O)CC1=CC[C@@H]1[C@@H]2CC[C@@]2(C)C(C(=O)N3CCOCC3)=CC[C@@H]12. The third-order valence-corrected chi connectivity index (χ3v) is 9.19. The highest BCUT2D eigenvalue weighted by Gasteiger charge is 2.57. The van der Waals surface area contributed by atoms with Crippen LogP contribution in [0.4, 0.5) is 0 Å². The zero-order chi connectivity index (χ0) is 19.5. The van der Waals surface area contributed by atoms with Gasteiger partial charge in [0, 0.05) is 24.1 Å². The summed E-state index contributed by atoms with van der Waals surface area (Å²) in [6.45, 7) is 7.64. The highest BCUT2D eigenvalue weighted by Crippen LogP contribution is 2.65. The summed E-state index contributed by atoms with van der Waals surface area (Å²) < 4.78 is 5.45. The van der Waals surface area contributed by atoms with E-state index in [-0.39, 0.29) is 22.8 Å². The van der Waals surface area contributed by atoms with E-state index in [1.165, 1.54) is 12.0 Å². The second-order valence-electron chi connectivity index (χ2n) is 10.4. The van der Waals surface area contributed by atoms with E-state index >= 15 is 0 Å². The average molecular weight is 386 g/mol. The van der Waals surface area contributed by atoms with Gasteiger partial charge in [0.15, 0.2) is 0 Å². The molecule has 0 aromatic carbocycles. The maximum Gasteiger partial charge on any atom is 0.250 e. The van der Waals surface area contributed by atoms with Crippen LogP contribution in [0, 0.1) is 28.6 Å². The van der Waals surface area contributed by atoms with Gasteiger partial charge in [0.2, 0.25) is 5.91 Å². The van der Waals surface area contributed by atoms with E-state index in [2.05, 4.69) is 26.0 Å². The number of amides is 1. The third-order valence-electron chi connectivity index (χ3n) is 9.19. The van der Waals surface area contributed by atoms with Crippen molar-refractivity contribution in [3.05, 3.63) is 23.3 Å². The molecular formula is C24H35NO3. The van der Waals surface area contributed by atoms with E-state index in [9.17, 15) is 9.90 Å². The molecule has 28 heavy (non-hydrogen) atoms. The summed E-state index contributed by atoms with van der Waals surface area (Å²) in [5, 5.41) is 10.2. The number of morpholine rings is 1. The van der Waals surface area contributed by atoms with Gasteiger partial charge in [0.05, 0.1) is 19.3 Å². The molecule has 4 aliphatic carbocycles. The van der Waals surface area contributed by atoms with Gasteiger partial charge < -0.3 is 14.7 Å². The molecule has 154 valence electrons. The van der Waals surface area contributed by atoms with E-state index in [4.69, 9.17) is 4.74 Å². The minimum Gasteiger partial charge on any atom is -0.393 e. The molecule has 0 unspecified atom stereocenters. The van der Waals surface area contributed by atoms with Gasteiger partial charge in [-0.1, -0.05) is 31.6 Å². The monoisotopic (exact) mass is 385 g/mol. The molecule has 5 aliphatic rings. The molecular weight excluding hydrogens is 350 g/mol. The lowest BCUT2D eigenvalue weighted by molar-refractivity contribution is -0.133. The van der Waals surface area contributed by atoms with Crippen LogP contribution in [-0.2, 0) is 9.53 Å². The highest BCUT2D eigenvalue weighted by atomic mass is 16.5. The molecule has 1 heterocycles. The predicted octanol–water partition coefficient (Wildman–Crippen LogP) is 3.71. The molecule has 1 saturated heterocycles. The fourth-order valence-corrected chi connectivity index (χ4v) is 7.48. The average Bonchev–Trinajstić information content (AvgIpc) is 3.06. The van der Waals surface area contributed by atoms with E-state index in [1.807, 2.05) is 4.90 Å². The van der Waals surface area contributed by atoms with Crippen LogP contribution in [-0.4, -0.2) is 48.3 Å². The lowest BCUT2D eigenvalue weighted by Gasteiger charge is -2.57. The summed E-state index contributed by atoms with van der Waals surface area (Å²) in [4.78, 5) is 15.3. The molecule has 0 aromatic rings. The van der Waals surface area contributed by atoms with Crippen LogP contribution in [0.25, 0.3) is 0 Å². The van der Waals surface area contributed by atoms with Crippen LogP contribution in [0.5, 0.6) is 0 Å². The van der Waals surface area contributed by atoms with Gasteiger partial charge in [-0.2, -0.15) is 0 Å². The van der Waals surface area contributed by atoms with Crippen LogP contribution >= 0.6 is 0 Å². The quantitative estimate of drug-likeness (QED) is 0.700. The molecule has 6 atom stereocenters. The Labute approximate surface area is 169 Å². The van der Waals surface area contributed by atoms with Crippen molar-refractivity contribution >= 4 is 5.91 Å². The van der Waals surface area contributed by atoms with Gasteiger partial charge in [-0.05, 0) is 68.1 Å². The zero-order valence-electron chi connectivity index (χ0n) is 17.5. The Morgan fingerprint density at radius 2 is 1.82 bits per heavy atom. The predicted molar refractivity (Wildman–Crippen MR) is 109 cm³/mol. The summed E-state index contributed by atoms with van der Waals surface area (Å²) in [6, 6.07) is 0. The highest BCUT2D eigenvalue weighted by molar-refractivity contribution is 5.95. The number of fused-ring (bicyclic) bond motifs is 5. The number of nitrogens with zero attached hydrogens (tertiary/aromatic N) is 1. The lowest BCUT2D eigenvalue weighted by Crippen LogP contribution is -2.51. The number of ether oxygens (including phenoxy) is 1. The van der Waals surface area contributed by atoms with Gasteiger partial charge >= 0.3 is 0 Å². The Balaban J connectivity index is 1.40. The van der Waals surface area contributed by atoms with Crippen molar-refractivity contribution in [1.29, 1.82) is 0 Å². The summed E-state index contributed by atoms with van der Waals surface area (Å²) in [7, 11) is 0. The largest absolute Gasteiger partial charge is 0.393 e. The Morgan fingerprint density at radius 3 is 2.61 bits per heavy atom. The summed E-state index contributed by atoms with van der Waals surface area (Å²) >= 11 is 0.